The molecular weight excluding hydrogens is 240 g/mol. The first-order chi connectivity index (χ1) is 9.55. The fourth-order valence-electron chi connectivity index (χ4n) is 2.65. The van der Waals surface area contributed by atoms with E-state index in [2.05, 4.69) is 63.8 Å². The highest BCUT2D eigenvalue weighted by Gasteiger charge is 2.21. The van der Waals surface area contributed by atoms with E-state index < -0.39 is 0 Å². The summed E-state index contributed by atoms with van der Waals surface area (Å²) in [7, 11) is 0. The van der Waals surface area contributed by atoms with Gasteiger partial charge in [0.05, 0.1) is 0 Å². The Morgan fingerprint density at radius 3 is 2.35 bits per heavy atom. The summed E-state index contributed by atoms with van der Waals surface area (Å²) in [5.74, 6) is 0. The van der Waals surface area contributed by atoms with E-state index in [1.165, 1.54) is 22.3 Å². The molecule has 0 amide bonds. The minimum absolute atomic E-state index is 0.151. The van der Waals surface area contributed by atoms with E-state index in [4.69, 9.17) is 0 Å². The molecule has 2 aliphatic carbocycles. The molecule has 20 heavy (non-hydrogen) atoms. The Hall–Kier alpha value is -1.56. The lowest BCUT2D eigenvalue weighted by molar-refractivity contribution is 0.620. The summed E-state index contributed by atoms with van der Waals surface area (Å²) in [6.45, 7) is 14.5. The van der Waals surface area contributed by atoms with Crippen LogP contribution < -0.4 is 0 Å². The van der Waals surface area contributed by atoms with Crippen molar-refractivity contribution in [1.29, 1.82) is 0 Å². The highest BCUT2D eigenvalue weighted by Crippen LogP contribution is 2.38. The van der Waals surface area contributed by atoms with Crippen molar-refractivity contribution in [3.63, 3.8) is 0 Å². The summed E-state index contributed by atoms with van der Waals surface area (Å²) in [6.07, 6.45) is 17.5. The lowest BCUT2D eigenvalue weighted by Crippen LogP contribution is -2.07. The summed E-state index contributed by atoms with van der Waals surface area (Å²) in [5.41, 5.74) is 5.85. The fraction of sp³-hybridized carbons (Fsp3) is 0.400. The molecule has 0 aliphatic heterocycles. The minimum Gasteiger partial charge on any atom is -0.0988 e. The van der Waals surface area contributed by atoms with Gasteiger partial charge in [-0.3, -0.25) is 0 Å². The van der Waals surface area contributed by atoms with Gasteiger partial charge in [0, 0.05) is 5.41 Å². The van der Waals surface area contributed by atoms with E-state index in [0.717, 1.165) is 12.8 Å². The van der Waals surface area contributed by atoms with Crippen LogP contribution >= 0.6 is 0 Å². The molecule has 108 valence electrons. The van der Waals surface area contributed by atoms with Gasteiger partial charge in [-0.25, -0.2) is 0 Å². The molecule has 0 aromatic rings. The lowest BCUT2D eigenvalue weighted by Gasteiger charge is -2.24. The van der Waals surface area contributed by atoms with E-state index >= 15 is 0 Å². The van der Waals surface area contributed by atoms with Crippen LogP contribution in [0.15, 0.2) is 71.4 Å². The third-order valence-electron chi connectivity index (χ3n) is 3.57. The van der Waals surface area contributed by atoms with Crippen molar-refractivity contribution in [2.24, 2.45) is 5.41 Å². The number of fused-ring (bicyclic) bond motifs is 1. The zero-order valence-corrected chi connectivity index (χ0v) is 13.7. The molecule has 0 unspecified atom stereocenters. The SMILES string of the molecule is C=CC1=C(/C=C\C)CC2=CC=CC(C)(C)C=C2C1.CC. The first kappa shape index (κ1) is 16.5. The van der Waals surface area contributed by atoms with Crippen molar-refractivity contribution in [2.45, 2.75) is 47.5 Å². The summed E-state index contributed by atoms with van der Waals surface area (Å²) in [6, 6.07) is 0. The van der Waals surface area contributed by atoms with Crippen molar-refractivity contribution >= 4 is 0 Å². The molecule has 0 aromatic heterocycles. The molecular formula is C20H28. The molecule has 0 fully saturated rings. The van der Waals surface area contributed by atoms with E-state index in [9.17, 15) is 0 Å². The van der Waals surface area contributed by atoms with Gasteiger partial charge in [-0.2, -0.15) is 0 Å². The number of rotatable bonds is 2. The second-order valence-electron chi connectivity index (χ2n) is 5.65. The van der Waals surface area contributed by atoms with Crippen molar-refractivity contribution < 1.29 is 0 Å². The first-order valence-corrected chi connectivity index (χ1v) is 7.63. The molecule has 2 rings (SSSR count). The molecule has 0 radical (unpaired) electrons. The van der Waals surface area contributed by atoms with Gasteiger partial charge in [0.25, 0.3) is 0 Å². The minimum atomic E-state index is 0.151. The maximum atomic E-state index is 3.96. The molecule has 0 atom stereocenters. The summed E-state index contributed by atoms with van der Waals surface area (Å²) < 4.78 is 0. The van der Waals surface area contributed by atoms with Crippen LogP contribution in [0.3, 0.4) is 0 Å². The largest absolute Gasteiger partial charge is 0.0988 e. The molecule has 0 nitrogen and oxygen atoms in total. The number of hydrogen-bond donors (Lipinski definition) is 0. The molecule has 0 bridgehead atoms. The average Bonchev–Trinajstić information content (AvgIpc) is 2.57. The molecule has 0 heterocycles. The Bertz CT molecular complexity index is 502. The topological polar surface area (TPSA) is 0 Å². The highest BCUT2D eigenvalue weighted by atomic mass is 14.3. The molecule has 0 heteroatoms. The third-order valence-corrected chi connectivity index (χ3v) is 3.57. The van der Waals surface area contributed by atoms with Crippen LogP contribution in [-0.4, -0.2) is 0 Å². The summed E-state index contributed by atoms with van der Waals surface area (Å²) in [5, 5.41) is 0. The van der Waals surface area contributed by atoms with E-state index in [1.54, 1.807) is 0 Å². The van der Waals surface area contributed by atoms with Crippen LogP contribution in [0.5, 0.6) is 0 Å². The maximum Gasteiger partial charge on any atom is 0.00136 e. The number of hydrogen-bond acceptors (Lipinski definition) is 0. The molecule has 0 aromatic carbocycles. The zero-order valence-electron chi connectivity index (χ0n) is 13.7. The van der Waals surface area contributed by atoms with Gasteiger partial charge >= 0.3 is 0 Å². The van der Waals surface area contributed by atoms with Gasteiger partial charge < -0.3 is 0 Å². The Labute approximate surface area is 125 Å². The van der Waals surface area contributed by atoms with E-state index in [1.807, 2.05) is 19.9 Å². The predicted octanol–water partition coefficient (Wildman–Crippen LogP) is 6.31. The lowest BCUT2D eigenvalue weighted by atomic mass is 9.81. The van der Waals surface area contributed by atoms with Gasteiger partial charge in [-0.1, -0.05) is 76.8 Å². The summed E-state index contributed by atoms with van der Waals surface area (Å²) in [4.78, 5) is 0. The molecule has 0 spiro atoms. The Morgan fingerprint density at radius 1 is 1.10 bits per heavy atom. The van der Waals surface area contributed by atoms with Crippen LogP contribution in [0.2, 0.25) is 0 Å². The van der Waals surface area contributed by atoms with Gasteiger partial charge in [0.15, 0.2) is 0 Å². The van der Waals surface area contributed by atoms with Gasteiger partial charge in [0.2, 0.25) is 0 Å². The van der Waals surface area contributed by atoms with Crippen molar-refractivity contribution in [2.75, 3.05) is 0 Å². The van der Waals surface area contributed by atoms with Crippen molar-refractivity contribution in [1.82, 2.24) is 0 Å². The van der Waals surface area contributed by atoms with Gasteiger partial charge in [-0.05, 0) is 42.1 Å². The van der Waals surface area contributed by atoms with Gasteiger partial charge in [0.1, 0.15) is 0 Å². The standard InChI is InChI=1S/C18H22.C2H6/c1-5-8-15-12-16-9-7-10-18(3,4)13-17(16)11-14(15)6-2;1-2/h5-10,13H,2,11-12H2,1,3-4H3;1-2H3/b8-5-;. The molecule has 0 saturated heterocycles. The Balaban J connectivity index is 0.000000956. The third kappa shape index (κ3) is 3.96. The van der Waals surface area contributed by atoms with Crippen LogP contribution in [0.25, 0.3) is 0 Å². The monoisotopic (exact) mass is 268 g/mol. The predicted molar refractivity (Wildman–Crippen MR) is 91.7 cm³/mol. The number of allylic oxidation sites excluding steroid dienone is 11. The van der Waals surface area contributed by atoms with Crippen molar-refractivity contribution in [3.05, 3.63) is 71.4 Å². The Morgan fingerprint density at radius 2 is 1.75 bits per heavy atom. The van der Waals surface area contributed by atoms with Crippen LogP contribution in [0.4, 0.5) is 0 Å². The zero-order chi connectivity index (χ0) is 15.2. The molecule has 0 N–H and O–H groups in total. The average molecular weight is 268 g/mol. The smallest absolute Gasteiger partial charge is 0.00136 e. The van der Waals surface area contributed by atoms with E-state index in [-0.39, 0.29) is 5.41 Å². The second kappa shape index (κ2) is 7.28. The fourth-order valence-corrected chi connectivity index (χ4v) is 2.65. The van der Waals surface area contributed by atoms with E-state index in [0.29, 0.717) is 0 Å². The van der Waals surface area contributed by atoms with Crippen LogP contribution in [0.1, 0.15) is 47.5 Å². The Kier molecular flexibility index (Phi) is 6.01. The highest BCUT2D eigenvalue weighted by molar-refractivity contribution is 5.52. The molecule has 2 aliphatic rings. The quantitative estimate of drug-likeness (QED) is 0.550. The maximum absolute atomic E-state index is 3.96. The first-order valence-electron chi connectivity index (χ1n) is 7.63. The second-order valence-corrected chi connectivity index (χ2v) is 5.65. The summed E-state index contributed by atoms with van der Waals surface area (Å²) >= 11 is 0. The normalized spacial score (nSPS) is 20.4. The molecule has 0 saturated carbocycles. The van der Waals surface area contributed by atoms with Crippen LogP contribution in [-0.2, 0) is 0 Å². The van der Waals surface area contributed by atoms with Crippen molar-refractivity contribution in [3.8, 4) is 0 Å². The van der Waals surface area contributed by atoms with Crippen LogP contribution in [0, 0.1) is 5.41 Å². The van der Waals surface area contributed by atoms with Gasteiger partial charge in [-0.15, -0.1) is 0 Å².